The largest absolute Gasteiger partial charge is 0.489 e. The molecule has 1 fully saturated rings. The van der Waals surface area contributed by atoms with Crippen LogP contribution in [0.15, 0.2) is 28.8 Å². The molecule has 1 saturated heterocycles. The molecule has 1 aromatic heterocycles. The highest BCUT2D eigenvalue weighted by atomic mass is 16.5. The van der Waals surface area contributed by atoms with Gasteiger partial charge in [-0.1, -0.05) is 17.3 Å². The van der Waals surface area contributed by atoms with Crippen LogP contribution in [0.4, 0.5) is 0 Å². The first-order chi connectivity index (χ1) is 12.1. The van der Waals surface area contributed by atoms with Crippen molar-refractivity contribution in [2.45, 2.75) is 45.4 Å². The molecular formula is C19H26N2O4. The van der Waals surface area contributed by atoms with Gasteiger partial charge in [0, 0.05) is 39.1 Å². The van der Waals surface area contributed by atoms with Gasteiger partial charge in [-0.25, -0.2) is 0 Å². The van der Waals surface area contributed by atoms with Gasteiger partial charge in [-0.2, -0.15) is 0 Å². The Hall–Kier alpha value is -1.89. The van der Waals surface area contributed by atoms with Crippen LogP contribution in [0.2, 0.25) is 0 Å². The first-order valence-electron chi connectivity index (χ1n) is 8.70. The van der Waals surface area contributed by atoms with E-state index >= 15 is 0 Å². The van der Waals surface area contributed by atoms with Gasteiger partial charge in [0.15, 0.2) is 0 Å². The Morgan fingerprint density at radius 2 is 1.92 bits per heavy atom. The van der Waals surface area contributed by atoms with Crippen molar-refractivity contribution in [2.75, 3.05) is 19.8 Å². The van der Waals surface area contributed by atoms with Crippen molar-refractivity contribution in [1.29, 1.82) is 0 Å². The van der Waals surface area contributed by atoms with Crippen molar-refractivity contribution < 1.29 is 19.1 Å². The third-order valence-corrected chi connectivity index (χ3v) is 4.69. The monoisotopic (exact) mass is 346 g/mol. The summed E-state index contributed by atoms with van der Waals surface area (Å²) in [4.78, 5) is 0. The zero-order valence-corrected chi connectivity index (χ0v) is 14.9. The average molecular weight is 346 g/mol. The third-order valence-electron chi connectivity index (χ3n) is 4.69. The zero-order valence-electron chi connectivity index (χ0n) is 14.9. The number of aromatic nitrogens is 1. The van der Waals surface area contributed by atoms with Crippen molar-refractivity contribution in [2.24, 2.45) is 0 Å². The number of nitrogens with zero attached hydrogens (tertiary/aromatic N) is 1. The summed E-state index contributed by atoms with van der Waals surface area (Å²) in [6.45, 7) is 6.82. The topological polar surface area (TPSA) is 76.8 Å². The predicted molar refractivity (Wildman–Crippen MR) is 93.5 cm³/mol. The summed E-state index contributed by atoms with van der Waals surface area (Å²) in [7, 11) is 0. The van der Waals surface area contributed by atoms with Crippen LogP contribution in [-0.4, -0.2) is 35.6 Å². The lowest BCUT2D eigenvalue weighted by Gasteiger charge is -2.32. The zero-order chi connectivity index (χ0) is 17.7. The molecule has 0 aliphatic carbocycles. The Kier molecular flexibility index (Phi) is 5.73. The number of hydrogen-bond donors (Lipinski definition) is 2. The molecule has 0 saturated carbocycles. The molecular weight excluding hydrogens is 320 g/mol. The van der Waals surface area contributed by atoms with E-state index in [4.69, 9.17) is 14.0 Å². The van der Waals surface area contributed by atoms with Crippen LogP contribution in [0.25, 0.3) is 0 Å². The van der Waals surface area contributed by atoms with Crippen LogP contribution in [0.5, 0.6) is 5.75 Å². The Labute approximate surface area is 148 Å². The minimum atomic E-state index is -0.643. The Balaban J connectivity index is 1.45. The van der Waals surface area contributed by atoms with Gasteiger partial charge in [0.25, 0.3) is 0 Å². The van der Waals surface area contributed by atoms with Crippen LogP contribution in [0, 0.1) is 13.8 Å². The fourth-order valence-corrected chi connectivity index (χ4v) is 2.93. The van der Waals surface area contributed by atoms with Crippen LogP contribution in [-0.2, 0) is 17.9 Å². The molecule has 1 aliphatic rings. The van der Waals surface area contributed by atoms with Crippen LogP contribution < -0.4 is 10.1 Å². The van der Waals surface area contributed by atoms with Gasteiger partial charge in [-0.05, 0) is 31.5 Å². The second-order valence-corrected chi connectivity index (χ2v) is 6.68. The molecule has 2 heterocycles. The highest BCUT2D eigenvalue weighted by Crippen LogP contribution is 2.20. The smallest absolute Gasteiger partial charge is 0.140 e. The molecule has 0 amide bonds. The molecule has 0 bridgehead atoms. The quantitative estimate of drug-likeness (QED) is 0.802. The maximum atomic E-state index is 10.4. The molecule has 0 spiro atoms. The van der Waals surface area contributed by atoms with E-state index in [0.717, 1.165) is 28.3 Å². The summed E-state index contributed by atoms with van der Waals surface area (Å²) < 4.78 is 16.2. The second kappa shape index (κ2) is 7.99. The minimum Gasteiger partial charge on any atom is -0.489 e. The molecule has 136 valence electrons. The Bertz CT molecular complexity index is 656. The average Bonchev–Trinajstić information content (AvgIpc) is 2.93. The molecule has 2 aromatic rings. The Morgan fingerprint density at radius 3 is 2.56 bits per heavy atom. The highest BCUT2D eigenvalue weighted by Gasteiger charge is 2.28. The molecule has 25 heavy (non-hydrogen) atoms. The maximum Gasteiger partial charge on any atom is 0.140 e. The number of benzene rings is 1. The summed E-state index contributed by atoms with van der Waals surface area (Å²) in [6, 6.07) is 7.98. The molecule has 1 aliphatic heterocycles. The maximum absolute atomic E-state index is 10.4. The van der Waals surface area contributed by atoms with E-state index in [9.17, 15) is 5.11 Å². The van der Waals surface area contributed by atoms with E-state index in [2.05, 4.69) is 10.5 Å². The van der Waals surface area contributed by atoms with Crippen LogP contribution >= 0.6 is 0 Å². The van der Waals surface area contributed by atoms with Gasteiger partial charge in [0.1, 0.15) is 18.1 Å². The number of nitrogens with one attached hydrogen (secondary N) is 1. The van der Waals surface area contributed by atoms with Gasteiger partial charge >= 0.3 is 0 Å². The number of aryl methyl sites for hydroxylation is 2. The molecule has 0 atom stereocenters. The summed E-state index contributed by atoms with van der Waals surface area (Å²) in [6.07, 6.45) is 1.38. The normalized spacial score (nSPS) is 16.8. The molecule has 2 N–H and O–H groups in total. The minimum absolute atomic E-state index is 0.452. The standard InChI is InChI=1S/C19H26N2O4/c1-14-18(15(2)25-21-14)12-24-17-5-3-16(4-6-17)11-20-13-19(22)7-9-23-10-8-19/h3-6,20,22H,7-13H2,1-2H3. The summed E-state index contributed by atoms with van der Waals surface area (Å²) in [5.41, 5.74) is 2.37. The number of rotatable bonds is 7. The van der Waals surface area contributed by atoms with E-state index in [0.29, 0.717) is 45.8 Å². The lowest BCUT2D eigenvalue weighted by molar-refractivity contribution is -0.0617. The van der Waals surface area contributed by atoms with Crippen LogP contribution in [0.1, 0.15) is 35.4 Å². The second-order valence-electron chi connectivity index (χ2n) is 6.68. The summed E-state index contributed by atoms with van der Waals surface area (Å²) >= 11 is 0. The summed E-state index contributed by atoms with van der Waals surface area (Å²) in [5.74, 6) is 1.61. The fraction of sp³-hybridized carbons (Fsp3) is 0.526. The molecule has 3 rings (SSSR count). The van der Waals surface area contributed by atoms with Crippen molar-refractivity contribution in [3.8, 4) is 5.75 Å². The van der Waals surface area contributed by atoms with E-state index in [1.54, 1.807) is 0 Å². The van der Waals surface area contributed by atoms with Crippen molar-refractivity contribution in [3.63, 3.8) is 0 Å². The molecule has 6 heteroatoms. The SMILES string of the molecule is Cc1noc(C)c1COc1ccc(CNCC2(O)CCOCC2)cc1. The predicted octanol–water partition coefficient (Wildman–Crippen LogP) is 2.50. The van der Waals surface area contributed by atoms with Gasteiger partial charge in [-0.15, -0.1) is 0 Å². The molecule has 1 aromatic carbocycles. The number of aliphatic hydroxyl groups is 1. The lowest BCUT2D eigenvalue weighted by Crippen LogP contribution is -2.44. The molecule has 6 nitrogen and oxygen atoms in total. The van der Waals surface area contributed by atoms with E-state index in [1.807, 2.05) is 38.1 Å². The van der Waals surface area contributed by atoms with Crippen molar-refractivity contribution in [1.82, 2.24) is 10.5 Å². The molecule has 0 unspecified atom stereocenters. The van der Waals surface area contributed by atoms with Gasteiger partial charge in [0.2, 0.25) is 0 Å². The summed E-state index contributed by atoms with van der Waals surface area (Å²) in [5, 5.41) is 17.7. The van der Waals surface area contributed by atoms with Crippen LogP contribution in [0.3, 0.4) is 0 Å². The Morgan fingerprint density at radius 1 is 1.20 bits per heavy atom. The first-order valence-corrected chi connectivity index (χ1v) is 8.70. The van der Waals surface area contributed by atoms with Crippen molar-refractivity contribution >= 4 is 0 Å². The molecule has 0 radical (unpaired) electrons. The van der Waals surface area contributed by atoms with E-state index in [-0.39, 0.29) is 0 Å². The number of ether oxygens (including phenoxy) is 2. The van der Waals surface area contributed by atoms with Gasteiger partial charge < -0.3 is 24.4 Å². The van der Waals surface area contributed by atoms with E-state index in [1.165, 1.54) is 0 Å². The fourth-order valence-electron chi connectivity index (χ4n) is 2.93. The first kappa shape index (κ1) is 17.9. The van der Waals surface area contributed by atoms with Gasteiger partial charge in [-0.3, -0.25) is 0 Å². The third kappa shape index (κ3) is 4.81. The van der Waals surface area contributed by atoms with Crippen molar-refractivity contribution in [3.05, 3.63) is 46.8 Å². The van der Waals surface area contributed by atoms with Gasteiger partial charge in [0.05, 0.1) is 16.9 Å². The van der Waals surface area contributed by atoms with E-state index < -0.39 is 5.60 Å². The lowest BCUT2D eigenvalue weighted by atomic mass is 9.94. The number of hydrogen-bond acceptors (Lipinski definition) is 6. The highest BCUT2D eigenvalue weighted by molar-refractivity contribution is 5.28.